The summed E-state index contributed by atoms with van der Waals surface area (Å²) in [6, 6.07) is 0.678. The van der Waals surface area contributed by atoms with Crippen molar-refractivity contribution < 1.29 is 4.79 Å². The molecule has 0 N–H and O–H groups in total. The van der Waals surface area contributed by atoms with Crippen LogP contribution in [0.2, 0.25) is 0 Å². The van der Waals surface area contributed by atoms with Gasteiger partial charge in [0.15, 0.2) is 0 Å². The molecule has 94 valence electrons. The SMILES string of the molecule is Cc1nn(C)cc1C(=O)N1[C@H](C)CCC[C@H]1C. The molecular weight excluding hydrogens is 214 g/mol. The fourth-order valence-corrected chi connectivity index (χ4v) is 2.77. The molecule has 0 aliphatic carbocycles. The number of nitrogens with zero attached hydrogens (tertiary/aromatic N) is 3. The molecule has 0 unspecified atom stereocenters. The Morgan fingerprint density at radius 3 is 2.41 bits per heavy atom. The van der Waals surface area contributed by atoms with Gasteiger partial charge in [-0.25, -0.2) is 0 Å². The van der Waals surface area contributed by atoms with E-state index in [2.05, 4.69) is 18.9 Å². The van der Waals surface area contributed by atoms with Crippen molar-refractivity contribution in [2.45, 2.75) is 52.1 Å². The Morgan fingerprint density at radius 1 is 1.35 bits per heavy atom. The number of piperidine rings is 1. The van der Waals surface area contributed by atoms with Gasteiger partial charge in [-0.3, -0.25) is 9.48 Å². The maximum absolute atomic E-state index is 12.5. The zero-order chi connectivity index (χ0) is 12.6. The average Bonchev–Trinajstić information content (AvgIpc) is 2.57. The lowest BCUT2D eigenvalue weighted by atomic mass is 9.96. The average molecular weight is 235 g/mol. The number of hydrogen-bond acceptors (Lipinski definition) is 2. The van der Waals surface area contributed by atoms with Crippen molar-refractivity contribution in [1.29, 1.82) is 0 Å². The number of aryl methyl sites for hydroxylation is 2. The number of amides is 1. The summed E-state index contributed by atoms with van der Waals surface area (Å²) in [5.74, 6) is 0.135. The summed E-state index contributed by atoms with van der Waals surface area (Å²) < 4.78 is 1.71. The molecule has 0 radical (unpaired) electrons. The first-order valence-corrected chi connectivity index (χ1v) is 6.33. The smallest absolute Gasteiger partial charge is 0.257 e. The molecule has 0 spiro atoms. The Balaban J connectivity index is 2.27. The molecule has 2 atom stereocenters. The van der Waals surface area contributed by atoms with Crippen LogP contribution in [0.1, 0.15) is 49.2 Å². The number of aromatic nitrogens is 2. The number of likely N-dealkylation sites (tertiary alicyclic amines) is 1. The first-order chi connectivity index (χ1) is 8.00. The Labute approximate surface area is 103 Å². The maximum atomic E-state index is 12.5. The first kappa shape index (κ1) is 12.1. The van der Waals surface area contributed by atoms with E-state index in [-0.39, 0.29) is 5.91 Å². The van der Waals surface area contributed by atoms with Crippen molar-refractivity contribution in [2.24, 2.45) is 7.05 Å². The molecule has 1 aromatic rings. The van der Waals surface area contributed by atoms with Gasteiger partial charge in [0.05, 0.1) is 11.3 Å². The molecule has 0 saturated carbocycles. The molecule has 4 heteroatoms. The van der Waals surface area contributed by atoms with E-state index in [0.29, 0.717) is 12.1 Å². The van der Waals surface area contributed by atoms with Gasteiger partial charge in [-0.1, -0.05) is 0 Å². The van der Waals surface area contributed by atoms with Gasteiger partial charge in [0, 0.05) is 25.3 Å². The van der Waals surface area contributed by atoms with Crippen LogP contribution in [0.4, 0.5) is 0 Å². The minimum absolute atomic E-state index is 0.135. The molecule has 4 nitrogen and oxygen atoms in total. The van der Waals surface area contributed by atoms with Crippen LogP contribution >= 0.6 is 0 Å². The van der Waals surface area contributed by atoms with Crippen LogP contribution in [-0.4, -0.2) is 32.7 Å². The van der Waals surface area contributed by atoms with Crippen LogP contribution in [0.5, 0.6) is 0 Å². The highest BCUT2D eigenvalue weighted by Crippen LogP contribution is 2.25. The highest BCUT2D eigenvalue weighted by Gasteiger charge is 2.30. The Kier molecular flexibility index (Phi) is 3.22. The molecule has 17 heavy (non-hydrogen) atoms. The van der Waals surface area contributed by atoms with E-state index in [0.717, 1.165) is 24.1 Å². The maximum Gasteiger partial charge on any atom is 0.257 e. The summed E-state index contributed by atoms with van der Waals surface area (Å²) in [5.41, 5.74) is 1.57. The number of carbonyl (C=O) groups excluding carboxylic acids is 1. The molecule has 0 bridgehead atoms. The predicted molar refractivity (Wildman–Crippen MR) is 66.9 cm³/mol. The van der Waals surface area contributed by atoms with Crippen molar-refractivity contribution in [3.8, 4) is 0 Å². The van der Waals surface area contributed by atoms with Crippen LogP contribution in [0, 0.1) is 6.92 Å². The largest absolute Gasteiger partial charge is 0.333 e. The lowest BCUT2D eigenvalue weighted by molar-refractivity contribution is 0.0510. The van der Waals surface area contributed by atoms with Gasteiger partial charge in [-0.2, -0.15) is 5.10 Å². The Bertz CT molecular complexity index is 414. The normalized spacial score (nSPS) is 25.1. The van der Waals surface area contributed by atoms with E-state index in [1.54, 1.807) is 4.68 Å². The van der Waals surface area contributed by atoms with Gasteiger partial charge in [-0.05, 0) is 40.0 Å². The highest BCUT2D eigenvalue weighted by molar-refractivity contribution is 5.95. The van der Waals surface area contributed by atoms with E-state index < -0.39 is 0 Å². The van der Waals surface area contributed by atoms with Crippen LogP contribution in [0.15, 0.2) is 6.20 Å². The quantitative estimate of drug-likeness (QED) is 0.748. The zero-order valence-electron chi connectivity index (χ0n) is 11.1. The van der Waals surface area contributed by atoms with Gasteiger partial charge in [0.25, 0.3) is 5.91 Å². The summed E-state index contributed by atoms with van der Waals surface area (Å²) in [4.78, 5) is 14.5. The van der Waals surface area contributed by atoms with E-state index in [9.17, 15) is 4.79 Å². The van der Waals surface area contributed by atoms with Gasteiger partial charge in [-0.15, -0.1) is 0 Å². The number of rotatable bonds is 1. The molecule has 1 aromatic heterocycles. The first-order valence-electron chi connectivity index (χ1n) is 6.33. The van der Waals surface area contributed by atoms with Crippen molar-refractivity contribution in [1.82, 2.24) is 14.7 Å². The second-order valence-corrected chi connectivity index (χ2v) is 5.14. The summed E-state index contributed by atoms with van der Waals surface area (Å²) in [5, 5.41) is 4.25. The standard InChI is InChI=1S/C13H21N3O/c1-9-6-5-7-10(2)16(9)13(17)12-8-15(4)14-11(12)3/h8-10H,5-7H2,1-4H3/t9-,10-/m1/s1. The number of hydrogen-bond donors (Lipinski definition) is 0. The molecule has 2 heterocycles. The highest BCUT2D eigenvalue weighted by atomic mass is 16.2. The predicted octanol–water partition coefficient (Wildman–Crippen LogP) is 2.13. The van der Waals surface area contributed by atoms with Crippen LogP contribution in [-0.2, 0) is 7.05 Å². The number of carbonyl (C=O) groups is 1. The van der Waals surface area contributed by atoms with Crippen molar-refractivity contribution >= 4 is 5.91 Å². The van der Waals surface area contributed by atoms with Crippen LogP contribution in [0.25, 0.3) is 0 Å². The molecule has 1 aliphatic rings. The second-order valence-electron chi connectivity index (χ2n) is 5.14. The minimum atomic E-state index is 0.135. The minimum Gasteiger partial charge on any atom is -0.333 e. The van der Waals surface area contributed by atoms with Crippen molar-refractivity contribution in [2.75, 3.05) is 0 Å². The third kappa shape index (κ3) is 2.21. The van der Waals surface area contributed by atoms with Crippen LogP contribution in [0.3, 0.4) is 0 Å². The van der Waals surface area contributed by atoms with E-state index in [4.69, 9.17) is 0 Å². The molecule has 1 aliphatic heterocycles. The second kappa shape index (κ2) is 4.51. The fraction of sp³-hybridized carbons (Fsp3) is 0.692. The van der Waals surface area contributed by atoms with E-state index in [1.165, 1.54) is 6.42 Å². The summed E-state index contributed by atoms with van der Waals surface area (Å²) in [6.07, 6.45) is 5.26. The molecule has 1 saturated heterocycles. The van der Waals surface area contributed by atoms with Gasteiger partial charge in [0.2, 0.25) is 0 Å². The lowest BCUT2D eigenvalue weighted by Gasteiger charge is -2.39. The summed E-state index contributed by atoms with van der Waals surface area (Å²) >= 11 is 0. The summed E-state index contributed by atoms with van der Waals surface area (Å²) in [7, 11) is 1.85. The van der Waals surface area contributed by atoms with Gasteiger partial charge in [0.1, 0.15) is 0 Å². The zero-order valence-corrected chi connectivity index (χ0v) is 11.1. The van der Waals surface area contributed by atoms with Crippen molar-refractivity contribution in [3.63, 3.8) is 0 Å². The van der Waals surface area contributed by atoms with Crippen LogP contribution < -0.4 is 0 Å². The molecular formula is C13H21N3O. The molecule has 1 fully saturated rings. The van der Waals surface area contributed by atoms with E-state index in [1.807, 2.05) is 25.1 Å². The Hall–Kier alpha value is -1.32. The third-order valence-corrected chi connectivity index (χ3v) is 3.67. The third-order valence-electron chi connectivity index (χ3n) is 3.67. The van der Waals surface area contributed by atoms with Gasteiger partial charge >= 0.3 is 0 Å². The molecule has 1 amide bonds. The Morgan fingerprint density at radius 2 is 1.94 bits per heavy atom. The summed E-state index contributed by atoms with van der Waals surface area (Å²) in [6.45, 7) is 6.17. The topological polar surface area (TPSA) is 38.1 Å². The van der Waals surface area contributed by atoms with E-state index >= 15 is 0 Å². The monoisotopic (exact) mass is 235 g/mol. The molecule has 2 rings (SSSR count). The fourth-order valence-electron chi connectivity index (χ4n) is 2.77. The lowest BCUT2D eigenvalue weighted by Crippen LogP contribution is -2.47. The van der Waals surface area contributed by atoms with Gasteiger partial charge < -0.3 is 4.90 Å². The van der Waals surface area contributed by atoms with Crippen molar-refractivity contribution in [3.05, 3.63) is 17.5 Å². The molecule has 0 aromatic carbocycles.